The van der Waals surface area contributed by atoms with Crippen LogP contribution in [0.5, 0.6) is 5.75 Å². The number of halogens is 1. The van der Waals surface area contributed by atoms with Crippen molar-refractivity contribution in [3.05, 3.63) is 77.5 Å². The molecule has 1 fully saturated rings. The van der Waals surface area contributed by atoms with Crippen molar-refractivity contribution in [3.63, 3.8) is 0 Å². The van der Waals surface area contributed by atoms with E-state index in [4.69, 9.17) is 9.72 Å². The molecule has 0 bridgehead atoms. The van der Waals surface area contributed by atoms with Gasteiger partial charge in [-0.25, -0.2) is 14.4 Å². The molecule has 4 aromatic heterocycles. The number of nitrogens with zero attached hydrogens (tertiary/aromatic N) is 8. The van der Waals surface area contributed by atoms with Gasteiger partial charge in [-0.05, 0) is 50.1 Å². The van der Waals surface area contributed by atoms with Crippen molar-refractivity contribution in [1.29, 1.82) is 0 Å². The van der Waals surface area contributed by atoms with E-state index in [-0.39, 0.29) is 30.3 Å². The number of aromatic nitrogens is 7. The largest absolute Gasteiger partial charge is 0.493 e. The number of H-pyrrole nitrogens is 2. The second-order valence-corrected chi connectivity index (χ2v) is 12.1. The average molecular weight is 653 g/mol. The first-order valence-corrected chi connectivity index (χ1v) is 16.0. The lowest BCUT2D eigenvalue weighted by atomic mass is 9.94. The zero-order chi connectivity index (χ0) is 33.4. The Balaban J connectivity index is 1.17. The van der Waals surface area contributed by atoms with Gasteiger partial charge in [0.15, 0.2) is 17.4 Å². The molecule has 5 aromatic rings. The molecule has 0 atom stereocenters. The van der Waals surface area contributed by atoms with Crippen LogP contribution in [0.1, 0.15) is 40.4 Å². The van der Waals surface area contributed by atoms with E-state index >= 15 is 4.39 Å². The summed E-state index contributed by atoms with van der Waals surface area (Å²) < 4.78 is 23.7. The van der Waals surface area contributed by atoms with Gasteiger partial charge in [0.1, 0.15) is 11.5 Å². The van der Waals surface area contributed by atoms with Crippen LogP contribution in [0, 0.1) is 19.7 Å². The molecular weight excluding hydrogens is 615 g/mol. The second kappa shape index (κ2) is 12.9. The lowest BCUT2D eigenvalue weighted by Gasteiger charge is -2.35. The Hall–Kier alpha value is -5.53. The minimum atomic E-state index is -0.465. The molecule has 1 saturated heterocycles. The Labute approximate surface area is 276 Å². The van der Waals surface area contributed by atoms with Crippen LogP contribution >= 0.6 is 0 Å². The normalized spacial score (nSPS) is 15.2. The van der Waals surface area contributed by atoms with E-state index in [1.54, 1.807) is 52.3 Å². The zero-order valence-electron chi connectivity index (χ0n) is 27.2. The number of fused-ring (bicyclic) bond motifs is 1. The number of amides is 2. The number of pyridine rings is 1. The molecule has 2 aliphatic heterocycles. The molecule has 6 heterocycles. The van der Waals surface area contributed by atoms with Gasteiger partial charge in [0.05, 0.1) is 31.1 Å². The van der Waals surface area contributed by atoms with Gasteiger partial charge in [0.25, 0.3) is 5.91 Å². The van der Waals surface area contributed by atoms with E-state index in [1.165, 1.54) is 0 Å². The fraction of sp³-hybridized carbons (Fsp3) is 0.353. The van der Waals surface area contributed by atoms with Gasteiger partial charge >= 0.3 is 0 Å². The van der Waals surface area contributed by atoms with Crippen LogP contribution in [-0.4, -0.2) is 103 Å². The Morgan fingerprint density at radius 2 is 1.85 bits per heavy atom. The van der Waals surface area contributed by atoms with Crippen LogP contribution in [0.2, 0.25) is 0 Å². The van der Waals surface area contributed by atoms with Crippen molar-refractivity contribution >= 4 is 34.1 Å². The summed E-state index contributed by atoms with van der Waals surface area (Å²) in [7, 11) is 1.61. The van der Waals surface area contributed by atoms with Crippen LogP contribution in [0.15, 0.2) is 48.9 Å². The van der Waals surface area contributed by atoms with Gasteiger partial charge < -0.3 is 29.4 Å². The molecule has 0 unspecified atom stereocenters. The number of piperazine rings is 1. The number of hydrogen-bond acceptors (Lipinski definition) is 8. The van der Waals surface area contributed by atoms with Gasteiger partial charge in [-0.1, -0.05) is 11.3 Å². The molecule has 0 saturated carbocycles. The fourth-order valence-corrected chi connectivity index (χ4v) is 6.62. The quantitative estimate of drug-likeness (QED) is 0.257. The average Bonchev–Trinajstić information content (AvgIpc) is 3.88. The van der Waals surface area contributed by atoms with Crippen LogP contribution in [0.3, 0.4) is 0 Å². The molecule has 1 aromatic carbocycles. The number of aryl methyl sites for hydroxylation is 3. The third kappa shape index (κ3) is 5.89. The SMILES string of the molecule is COc1cccnc1N1CCN(C(=O)c2cc3c(-c4nc(C)[nH]c4C)cc(C4=CCCN(C(=O)CCn5ccnn5)C4)c(F)c3[nH]2)CC1. The maximum absolute atomic E-state index is 16.6. The van der Waals surface area contributed by atoms with E-state index < -0.39 is 5.82 Å². The first kappa shape index (κ1) is 31.1. The summed E-state index contributed by atoms with van der Waals surface area (Å²) in [5.41, 5.74) is 3.86. The zero-order valence-corrected chi connectivity index (χ0v) is 27.2. The van der Waals surface area contributed by atoms with E-state index in [0.29, 0.717) is 84.9 Å². The predicted octanol–water partition coefficient (Wildman–Crippen LogP) is 3.98. The van der Waals surface area contributed by atoms with Crippen LogP contribution in [0.4, 0.5) is 10.2 Å². The predicted molar refractivity (Wildman–Crippen MR) is 178 cm³/mol. The number of anilines is 1. The fourth-order valence-electron chi connectivity index (χ4n) is 6.62. The summed E-state index contributed by atoms with van der Waals surface area (Å²) in [5.74, 6) is 1.45. The standard InChI is InChI=1S/C34H37FN10O3/c1-21-31(39-22(2)38-21)25-18-24(23-6-5-11-44(20-23)29(46)8-12-45-13-10-37-41-45)30(35)32-26(25)19-27(40-32)34(47)43-16-14-42(15-17-43)33-28(48-3)7-4-9-36-33/h4,6-7,9-10,13,18-19,40H,5,8,11-12,14-17,20H2,1-3H3,(H,38,39). The highest BCUT2D eigenvalue weighted by Gasteiger charge is 2.29. The molecule has 14 heteroatoms. The first-order valence-electron chi connectivity index (χ1n) is 16.0. The Bertz CT molecular complexity index is 2010. The first-order chi connectivity index (χ1) is 23.3. The summed E-state index contributed by atoms with van der Waals surface area (Å²) in [6.45, 7) is 7.14. The summed E-state index contributed by atoms with van der Waals surface area (Å²) in [6, 6.07) is 7.22. The summed E-state index contributed by atoms with van der Waals surface area (Å²) in [6.07, 6.45) is 7.87. The molecule has 0 aliphatic carbocycles. The van der Waals surface area contributed by atoms with Crippen molar-refractivity contribution < 1.29 is 18.7 Å². The minimum Gasteiger partial charge on any atom is -0.493 e. The maximum atomic E-state index is 16.6. The number of ether oxygens (including phenoxy) is 1. The lowest BCUT2D eigenvalue weighted by Crippen LogP contribution is -2.49. The number of carbonyl (C=O) groups excluding carboxylic acids is 2. The Kier molecular flexibility index (Phi) is 8.38. The van der Waals surface area contributed by atoms with E-state index in [1.807, 2.05) is 32.1 Å². The molecular formula is C34H37FN10O3. The highest BCUT2D eigenvalue weighted by molar-refractivity contribution is 6.04. The number of hydrogen-bond donors (Lipinski definition) is 2. The van der Waals surface area contributed by atoms with Gasteiger partial charge in [-0.3, -0.25) is 14.3 Å². The molecule has 248 valence electrons. The van der Waals surface area contributed by atoms with Crippen LogP contribution in [0.25, 0.3) is 27.7 Å². The van der Waals surface area contributed by atoms with Crippen molar-refractivity contribution in [2.45, 2.75) is 33.2 Å². The number of carbonyl (C=O) groups is 2. The maximum Gasteiger partial charge on any atom is 0.270 e. The summed E-state index contributed by atoms with van der Waals surface area (Å²) in [4.78, 5) is 48.2. The van der Waals surface area contributed by atoms with Gasteiger partial charge in [-0.2, -0.15) is 0 Å². The van der Waals surface area contributed by atoms with Gasteiger partial charge in [0.2, 0.25) is 5.91 Å². The lowest BCUT2D eigenvalue weighted by molar-refractivity contribution is -0.131. The molecule has 2 amide bonds. The van der Waals surface area contributed by atoms with Crippen molar-refractivity contribution in [1.82, 2.24) is 44.7 Å². The number of rotatable bonds is 8. The summed E-state index contributed by atoms with van der Waals surface area (Å²) in [5, 5.41) is 8.30. The minimum absolute atomic E-state index is 0.0362. The van der Waals surface area contributed by atoms with Crippen molar-refractivity contribution in [2.24, 2.45) is 0 Å². The highest BCUT2D eigenvalue weighted by atomic mass is 19.1. The van der Waals surface area contributed by atoms with Crippen LogP contribution in [-0.2, 0) is 11.3 Å². The molecule has 2 N–H and O–H groups in total. The molecule has 2 aliphatic rings. The van der Waals surface area contributed by atoms with E-state index in [9.17, 15) is 9.59 Å². The molecule has 48 heavy (non-hydrogen) atoms. The topological polar surface area (TPSA) is 141 Å². The highest BCUT2D eigenvalue weighted by Crippen LogP contribution is 2.37. The molecule has 13 nitrogen and oxygen atoms in total. The number of benzene rings is 1. The molecule has 0 radical (unpaired) electrons. The van der Waals surface area contributed by atoms with Crippen molar-refractivity contribution in [2.75, 3.05) is 51.3 Å². The smallest absolute Gasteiger partial charge is 0.270 e. The molecule has 0 spiro atoms. The number of methoxy groups -OCH3 is 1. The Morgan fingerprint density at radius 1 is 1.02 bits per heavy atom. The monoisotopic (exact) mass is 652 g/mol. The third-order valence-corrected chi connectivity index (χ3v) is 9.05. The second-order valence-electron chi connectivity index (χ2n) is 12.1. The molecule has 7 rings (SSSR count). The van der Waals surface area contributed by atoms with Crippen molar-refractivity contribution in [3.8, 4) is 17.0 Å². The number of nitrogens with one attached hydrogen (secondary N) is 2. The number of imidazole rings is 1. The third-order valence-electron chi connectivity index (χ3n) is 9.05. The summed E-state index contributed by atoms with van der Waals surface area (Å²) >= 11 is 0. The van der Waals surface area contributed by atoms with E-state index in [2.05, 4.69) is 30.2 Å². The van der Waals surface area contributed by atoms with E-state index in [0.717, 1.165) is 17.3 Å². The van der Waals surface area contributed by atoms with Gasteiger partial charge in [-0.15, -0.1) is 5.10 Å². The Morgan fingerprint density at radius 3 is 2.58 bits per heavy atom. The van der Waals surface area contributed by atoms with Gasteiger partial charge in [0, 0.05) is 80.3 Å². The van der Waals surface area contributed by atoms with Crippen LogP contribution < -0.4 is 9.64 Å². The number of aromatic amines is 2.